The Hall–Kier alpha value is -3.48. The molecule has 1 aromatic carbocycles. The van der Waals surface area contributed by atoms with Crippen LogP contribution in [-0.2, 0) is 11.3 Å². The lowest BCUT2D eigenvalue weighted by Gasteiger charge is -2.33. The summed E-state index contributed by atoms with van der Waals surface area (Å²) in [5, 5.41) is 7.90. The molecule has 7 heteroatoms. The number of likely N-dealkylation sites (N-methyl/N-ethyl adjacent to an activating group) is 1. The zero-order chi connectivity index (χ0) is 22.8. The maximum atomic E-state index is 13.4. The van der Waals surface area contributed by atoms with Crippen LogP contribution in [0.4, 0.5) is 0 Å². The van der Waals surface area contributed by atoms with Crippen molar-refractivity contribution in [1.82, 2.24) is 25.0 Å². The van der Waals surface area contributed by atoms with Gasteiger partial charge >= 0.3 is 0 Å². The Morgan fingerprint density at radius 1 is 1.12 bits per heavy atom. The Balaban J connectivity index is 1.54. The number of hydrogen-bond acceptors (Lipinski definition) is 4. The minimum atomic E-state index is -0.346. The van der Waals surface area contributed by atoms with Crippen molar-refractivity contribution in [3.8, 4) is 11.3 Å². The summed E-state index contributed by atoms with van der Waals surface area (Å²) < 4.78 is 1.61. The number of carbonyl (C=O) groups excluding carboxylic acids is 2. The third-order valence-corrected chi connectivity index (χ3v) is 6.79. The summed E-state index contributed by atoms with van der Waals surface area (Å²) in [5.74, 6) is -0.186. The molecule has 2 amide bonds. The largest absolute Gasteiger partial charge is 0.340 e. The standard InChI is InChI=1S/C26H29N5O2/c1-2-30(20-13-7-4-8-14-20)21(32)17-31-25-22(24(29-31)18-10-5-3-6-11-18)23(28-26(25)33)19-12-9-15-27-16-19/h3,5-6,9-12,15-16,20,23H,2,4,7-8,13-14,17H2,1H3,(H,28,33). The van der Waals surface area contributed by atoms with Crippen LogP contribution >= 0.6 is 0 Å². The van der Waals surface area contributed by atoms with Crippen molar-refractivity contribution < 1.29 is 9.59 Å². The van der Waals surface area contributed by atoms with Gasteiger partial charge in [-0.2, -0.15) is 5.10 Å². The van der Waals surface area contributed by atoms with Gasteiger partial charge in [0.15, 0.2) is 0 Å². The van der Waals surface area contributed by atoms with Crippen LogP contribution in [0.1, 0.15) is 66.7 Å². The van der Waals surface area contributed by atoms with Crippen molar-refractivity contribution in [2.24, 2.45) is 0 Å². The smallest absolute Gasteiger partial charge is 0.270 e. The van der Waals surface area contributed by atoms with Gasteiger partial charge in [0.1, 0.15) is 12.2 Å². The maximum absolute atomic E-state index is 13.4. The molecule has 1 fully saturated rings. The molecular weight excluding hydrogens is 414 g/mol. The summed E-state index contributed by atoms with van der Waals surface area (Å²) in [6, 6.07) is 13.6. The number of hydrogen-bond donors (Lipinski definition) is 1. The van der Waals surface area contributed by atoms with Gasteiger partial charge in [-0.25, -0.2) is 4.68 Å². The normalized spacial score (nSPS) is 18.1. The Morgan fingerprint density at radius 3 is 2.61 bits per heavy atom. The highest BCUT2D eigenvalue weighted by atomic mass is 16.2. The highest BCUT2D eigenvalue weighted by Crippen LogP contribution is 2.38. The van der Waals surface area contributed by atoms with E-state index in [9.17, 15) is 9.59 Å². The zero-order valence-electron chi connectivity index (χ0n) is 18.9. The van der Waals surface area contributed by atoms with Gasteiger partial charge in [-0.1, -0.05) is 55.7 Å². The molecule has 3 heterocycles. The summed E-state index contributed by atoms with van der Waals surface area (Å²) in [5.41, 5.74) is 3.82. The van der Waals surface area contributed by atoms with E-state index in [2.05, 4.69) is 10.3 Å². The number of pyridine rings is 1. The van der Waals surface area contributed by atoms with Gasteiger partial charge in [-0.3, -0.25) is 14.6 Å². The molecule has 170 valence electrons. The summed E-state index contributed by atoms with van der Waals surface area (Å²) in [6.07, 6.45) is 9.15. The molecule has 33 heavy (non-hydrogen) atoms. The van der Waals surface area contributed by atoms with E-state index in [0.29, 0.717) is 12.2 Å². The van der Waals surface area contributed by atoms with E-state index in [1.54, 1.807) is 17.1 Å². The monoisotopic (exact) mass is 443 g/mol. The highest BCUT2D eigenvalue weighted by molar-refractivity contribution is 6.00. The number of carbonyl (C=O) groups is 2. The lowest BCUT2D eigenvalue weighted by atomic mass is 9.94. The first kappa shape index (κ1) is 21.4. The molecule has 7 nitrogen and oxygen atoms in total. The van der Waals surface area contributed by atoms with Crippen LogP contribution in [0.2, 0.25) is 0 Å². The van der Waals surface area contributed by atoms with Gasteiger partial charge < -0.3 is 10.2 Å². The molecule has 0 spiro atoms. The van der Waals surface area contributed by atoms with E-state index in [0.717, 1.165) is 35.2 Å². The molecule has 2 aromatic heterocycles. The van der Waals surface area contributed by atoms with E-state index in [4.69, 9.17) is 5.10 Å². The number of nitrogens with one attached hydrogen (secondary N) is 1. The molecule has 1 unspecified atom stereocenters. The van der Waals surface area contributed by atoms with Crippen LogP contribution in [0, 0.1) is 0 Å². The van der Waals surface area contributed by atoms with E-state index in [1.165, 1.54) is 19.3 Å². The Kier molecular flexibility index (Phi) is 5.94. The lowest BCUT2D eigenvalue weighted by Crippen LogP contribution is -2.43. The van der Waals surface area contributed by atoms with Crippen LogP contribution in [0.25, 0.3) is 11.3 Å². The van der Waals surface area contributed by atoms with Crippen molar-refractivity contribution in [2.45, 2.75) is 57.7 Å². The van der Waals surface area contributed by atoms with Crippen molar-refractivity contribution in [2.75, 3.05) is 6.54 Å². The summed E-state index contributed by atoms with van der Waals surface area (Å²) >= 11 is 0. The van der Waals surface area contributed by atoms with E-state index in [-0.39, 0.29) is 30.4 Å². The van der Waals surface area contributed by atoms with E-state index < -0.39 is 0 Å². The average molecular weight is 444 g/mol. The maximum Gasteiger partial charge on any atom is 0.270 e. The molecule has 2 aliphatic rings. The van der Waals surface area contributed by atoms with Crippen LogP contribution < -0.4 is 5.32 Å². The number of nitrogens with zero attached hydrogens (tertiary/aromatic N) is 4. The van der Waals surface area contributed by atoms with Crippen LogP contribution in [0.3, 0.4) is 0 Å². The van der Waals surface area contributed by atoms with Crippen LogP contribution in [0.5, 0.6) is 0 Å². The minimum absolute atomic E-state index is 0.0203. The second kappa shape index (κ2) is 9.17. The SMILES string of the molecule is CCN(C(=O)Cn1nc(-c2ccccc2)c2c1C(=O)NC2c1cccnc1)C1CCCCC1. The first-order chi connectivity index (χ1) is 16.2. The molecule has 1 saturated carbocycles. The van der Waals surface area contributed by atoms with Gasteiger partial charge in [0, 0.05) is 36.1 Å². The third-order valence-electron chi connectivity index (χ3n) is 6.79. The van der Waals surface area contributed by atoms with Crippen molar-refractivity contribution in [3.63, 3.8) is 0 Å². The van der Waals surface area contributed by atoms with E-state index >= 15 is 0 Å². The minimum Gasteiger partial charge on any atom is -0.340 e. The molecular formula is C26H29N5O2. The van der Waals surface area contributed by atoms with Gasteiger partial charge in [0.2, 0.25) is 5.91 Å². The average Bonchev–Trinajstić information content (AvgIpc) is 3.40. The Labute approximate surface area is 193 Å². The fraction of sp³-hybridized carbons (Fsp3) is 0.385. The van der Waals surface area contributed by atoms with Crippen molar-refractivity contribution >= 4 is 11.8 Å². The lowest BCUT2D eigenvalue weighted by molar-refractivity contribution is -0.134. The second-order valence-corrected chi connectivity index (χ2v) is 8.80. The van der Waals surface area contributed by atoms with Gasteiger partial charge in [-0.05, 0) is 31.4 Å². The number of amides is 2. The fourth-order valence-corrected chi connectivity index (χ4v) is 5.23. The van der Waals surface area contributed by atoms with Gasteiger partial charge in [0.05, 0.1) is 11.7 Å². The molecule has 1 aliphatic carbocycles. The fourth-order valence-electron chi connectivity index (χ4n) is 5.23. The summed E-state index contributed by atoms with van der Waals surface area (Å²) in [6.45, 7) is 2.76. The summed E-state index contributed by atoms with van der Waals surface area (Å²) in [4.78, 5) is 32.7. The topological polar surface area (TPSA) is 80.1 Å². The molecule has 0 bridgehead atoms. The molecule has 5 rings (SSSR count). The number of rotatable bonds is 6. The molecule has 1 aliphatic heterocycles. The number of fused-ring (bicyclic) bond motifs is 1. The van der Waals surface area contributed by atoms with Gasteiger partial charge in [-0.15, -0.1) is 0 Å². The van der Waals surface area contributed by atoms with Crippen molar-refractivity contribution in [1.29, 1.82) is 0 Å². The second-order valence-electron chi connectivity index (χ2n) is 8.80. The first-order valence-electron chi connectivity index (χ1n) is 11.8. The number of aromatic nitrogens is 3. The Bertz CT molecular complexity index is 1140. The highest BCUT2D eigenvalue weighted by Gasteiger charge is 2.38. The summed E-state index contributed by atoms with van der Waals surface area (Å²) in [7, 11) is 0. The van der Waals surface area contributed by atoms with E-state index in [1.807, 2.05) is 54.3 Å². The van der Waals surface area contributed by atoms with Gasteiger partial charge in [0.25, 0.3) is 5.91 Å². The quantitative estimate of drug-likeness (QED) is 0.625. The van der Waals surface area contributed by atoms with Crippen LogP contribution in [0.15, 0.2) is 54.9 Å². The predicted octanol–water partition coefficient (Wildman–Crippen LogP) is 3.96. The molecule has 1 N–H and O–H groups in total. The third kappa shape index (κ3) is 4.03. The van der Waals surface area contributed by atoms with Crippen molar-refractivity contribution in [3.05, 3.63) is 71.7 Å². The molecule has 0 radical (unpaired) electrons. The zero-order valence-corrected chi connectivity index (χ0v) is 18.9. The number of benzene rings is 1. The predicted molar refractivity (Wildman–Crippen MR) is 125 cm³/mol. The molecule has 3 aromatic rings. The Morgan fingerprint density at radius 2 is 1.91 bits per heavy atom. The first-order valence-corrected chi connectivity index (χ1v) is 11.8. The molecule has 1 atom stereocenters. The molecule has 0 saturated heterocycles. The van der Waals surface area contributed by atoms with Crippen LogP contribution in [-0.4, -0.2) is 44.1 Å².